The topological polar surface area (TPSA) is 85.4 Å². The van der Waals surface area contributed by atoms with E-state index in [9.17, 15) is 14.9 Å². The van der Waals surface area contributed by atoms with Crippen LogP contribution in [-0.2, 0) is 19.4 Å². The number of nitrogens with zero attached hydrogens (tertiary/aromatic N) is 2. The number of aromatic carboxylic acids is 1. The second kappa shape index (κ2) is 5.05. The normalized spacial score (nSPS) is 13.1. The quantitative estimate of drug-likeness (QED) is 0.691. The highest BCUT2D eigenvalue weighted by Gasteiger charge is 2.19. The summed E-state index contributed by atoms with van der Waals surface area (Å²) in [5.74, 6) is -1.16. The highest BCUT2D eigenvalue weighted by molar-refractivity contribution is 5.87. The first-order chi connectivity index (χ1) is 10.0. The van der Waals surface area contributed by atoms with E-state index in [-0.39, 0.29) is 11.4 Å². The maximum absolute atomic E-state index is 11.2. The summed E-state index contributed by atoms with van der Waals surface area (Å²) in [6, 6.07) is 7.19. The minimum atomic E-state index is -1.16. The summed E-state index contributed by atoms with van der Waals surface area (Å²) in [6.45, 7) is 0.322. The van der Waals surface area contributed by atoms with Crippen molar-refractivity contribution in [2.24, 2.45) is 0 Å². The lowest BCUT2D eigenvalue weighted by atomic mass is 10.1. The molecule has 0 bridgehead atoms. The molecule has 0 amide bonds. The van der Waals surface area contributed by atoms with Gasteiger partial charge in [-0.1, -0.05) is 18.2 Å². The van der Waals surface area contributed by atoms with Crippen molar-refractivity contribution in [3.05, 3.63) is 63.0 Å². The van der Waals surface area contributed by atoms with E-state index in [1.54, 1.807) is 0 Å². The van der Waals surface area contributed by atoms with Crippen LogP contribution in [0.5, 0.6) is 0 Å². The van der Waals surface area contributed by atoms with Crippen molar-refractivity contribution in [2.75, 3.05) is 0 Å². The van der Waals surface area contributed by atoms with Crippen LogP contribution in [0.25, 0.3) is 0 Å². The number of benzene rings is 1. The van der Waals surface area contributed by atoms with Gasteiger partial charge in [0.25, 0.3) is 5.69 Å². The van der Waals surface area contributed by atoms with Gasteiger partial charge in [-0.25, -0.2) is 4.79 Å². The Morgan fingerprint density at radius 1 is 1.29 bits per heavy atom. The molecule has 1 N–H and O–H groups in total. The third-order valence-corrected chi connectivity index (χ3v) is 3.83. The second-order valence-corrected chi connectivity index (χ2v) is 5.23. The van der Waals surface area contributed by atoms with Crippen LogP contribution in [0.2, 0.25) is 0 Å². The molecule has 3 rings (SSSR count). The zero-order valence-corrected chi connectivity index (χ0v) is 11.3. The average molecular weight is 286 g/mol. The van der Waals surface area contributed by atoms with Gasteiger partial charge in [-0.2, -0.15) is 0 Å². The van der Waals surface area contributed by atoms with Gasteiger partial charge >= 0.3 is 5.97 Å². The SMILES string of the molecule is O=C(O)c1cc([N+](=O)[O-])cn1Cc1ccc2c(c1)CCC2. The lowest BCUT2D eigenvalue weighted by Gasteiger charge is -2.08. The molecule has 1 aliphatic rings. The third-order valence-electron chi connectivity index (χ3n) is 3.83. The Kier molecular flexibility index (Phi) is 3.21. The number of aromatic nitrogens is 1. The molecule has 0 saturated carbocycles. The first-order valence-corrected chi connectivity index (χ1v) is 6.73. The fourth-order valence-electron chi connectivity index (χ4n) is 2.82. The smallest absolute Gasteiger partial charge is 0.352 e. The fraction of sp³-hybridized carbons (Fsp3) is 0.267. The molecule has 1 heterocycles. The summed E-state index contributed by atoms with van der Waals surface area (Å²) >= 11 is 0. The third kappa shape index (κ3) is 2.52. The molecule has 1 aliphatic carbocycles. The first kappa shape index (κ1) is 13.4. The van der Waals surface area contributed by atoms with Crippen molar-refractivity contribution in [1.29, 1.82) is 0 Å². The fourth-order valence-corrected chi connectivity index (χ4v) is 2.82. The minimum Gasteiger partial charge on any atom is -0.477 e. The summed E-state index contributed by atoms with van der Waals surface area (Å²) in [7, 11) is 0. The first-order valence-electron chi connectivity index (χ1n) is 6.73. The van der Waals surface area contributed by atoms with Crippen molar-refractivity contribution in [2.45, 2.75) is 25.8 Å². The van der Waals surface area contributed by atoms with Crippen LogP contribution in [0, 0.1) is 10.1 Å². The number of nitro groups is 1. The van der Waals surface area contributed by atoms with Crippen LogP contribution in [0.1, 0.15) is 33.6 Å². The maximum atomic E-state index is 11.2. The summed E-state index contributed by atoms with van der Waals surface area (Å²) in [4.78, 5) is 21.4. The van der Waals surface area contributed by atoms with Crippen molar-refractivity contribution < 1.29 is 14.8 Å². The van der Waals surface area contributed by atoms with Gasteiger partial charge in [0.2, 0.25) is 0 Å². The van der Waals surface area contributed by atoms with Gasteiger partial charge in [0.1, 0.15) is 5.69 Å². The highest BCUT2D eigenvalue weighted by atomic mass is 16.6. The molecular weight excluding hydrogens is 272 g/mol. The summed E-state index contributed by atoms with van der Waals surface area (Å²) in [5, 5.41) is 19.9. The van der Waals surface area contributed by atoms with Gasteiger partial charge in [0.15, 0.2) is 0 Å². The van der Waals surface area contributed by atoms with Gasteiger partial charge in [-0.3, -0.25) is 10.1 Å². The number of carboxylic acid groups (broad SMARTS) is 1. The molecule has 0 aliphatic heterocycles. The van der Waals surface area contributed by atoms with Crippen LogP contribution < -0.4 is 0 Å². The predicted octanol–water partition coefficient (Wildman–Crippen LogP) is 2.63. The largest absolute Gasteiger partial charge is 0.477 e. The lowest BCUT2D eigenvalue weighted by Crippen LogP contribution is -2.08. The van der Waals surface area contributed by atoms with E-state index in [1.807, 2.05) is 6.07 Å². The van der Waals surface area contributed by atoms with Crippen LogP contribution >= 0.6 is 0 Å². The molecule has 0 spiro atoms. The molecule has 0 fully saturated rings. The van der Waals surface area contributed by atoms with E-state index < -0.39 is 10.9 Å². The monoisotopic (exact) mass is 286 g/mol. The van der Waals surface area contributed by atoms with E-state index in [0.29, 0.717) is 6.54 Å². The molecule has 2 aromatic rings. The summed E-state index contributed by atoms with van der Waals surface area (Å²) < 4.78 is 1.41. The van der Waals surface area contributed by atoms with Crippen molar-refractivity contribution in [1.82, 2.24) is 4.57 Å². The number of rotatable bonds is 4. The average Bonchev–Trinajstić information content (AvgIpc) is 3.04. The Labute approximate surface area is 120 Å². The molecule has 6 heteroatoms. The Balaban J connectivity index is 1.93. The molecule has 0 saturated heterocycles. The molecule has 0 unspecified atom stereocenters. The summed E-state index contributed by atoms with van der Waals surface area (Å²) in [6.07, 6.45) is 4.55. The number of carboxylic acids is 1. The number of carbonyl (C=O) groups is 1. The minimum absolute atomic E-state index is 0.0674. The zero-order chi connectivity index (χ0) is 15.0. The zero-order valence-electron chi connectivity index (χ0n) is 11.3. The predicted molar refractivity (Wildman–Crippen MR) is 75.6 cm³/mol. The number of fused-ring (bicyclic) bond motifs is 1. The molecule has 108 valence electrons. The number of hydrogen-bond acceptors (Lipinski definition) is 3. The standard InChI is InChI=1S/C15H14N2O4/c18-15(19)14-7-13(17(20)21)9-16(14)8-10-4-5-11-2-1-3-12(11)6-10/h4-7,9H,1-3,8H2,(H,18,19). The molecule has 6 nitrogen and oxygen atoms in total. The van der Waals surface area contributed by atoms with Gasteiger partial charge in [0.05, 0.1) is 11.1 Å². The lowest BCUT2D eigenvalue weighted by molar-refractivity contribution is -0.384. The van der Waals surface area contributed by atoms with Crippen molar-refractivity contribution in [3.8, 4) is 0 Å². The van der Waals surface area contributed by atoms with E-state index in [4.69, 9.17) is 5.11 Å². The molecular formula is C15H14N2O4. The van der Waals surface area contributed by atoms with Crippen LogP contribution in [0.15, 0.2) is 30.5 Å². The van der Waals surface area contributed by atoms with E-state index >= 15 is 0 Å². The molecule has 1 aromatic heterocycles. The van der Waals surface area contributed by atoms with Gasteiger partial charge < -0.3 is 9.67 Å². The van der Waals surface area contributed by atoms with Crippen LogP contribution in [-0.4, -0.2) is 20.6 Å². The van der Waals surface area contributed by atoms with Crippen LogP contribution in [0.3, 0.4) is 0 Å². The molecule has 0 atom stereocenters. The Morgan fingerprint density at radius 3 is 2.76 bits per heavy atom. The van der Waals surface area contributed by atoms with Gasteiger partial charge in [0, 0.05) is 12.6 Å². The van der Waals surface area contributed by atoms with Crippen molar-refractivity contribution in [3.63, 3.8) is 0 Å². The molecule has 0 radical (unpaired) electrons. The van der Waals surface area contributed by atoms with Gasteiger partial charge in [-0.05, 0) is 36.0 Å². The second-order valence-electron chi connectivity index (χ2n) is 5.23. The molecule has 1 aromatic carbocycles. The van der Waals surface area contributed by atoms with E-state index in [0.717, 1.165) is 30.9 Å². The number of hydrogen-bond donors (Lipinski definition) is 1. The van der Waals surface area contributed by atoms with Crippen molar-refractivity contribution >= 4 is 11.7 Å². The maximum Gasteiger partial charge on any atom is 0.352 e. The molecule has 21 heavy (non-hydrogen) atoms. The summed E-state index contributed by atoms with van der Waals surface area (Å²) in [5.41, 5.74) is 3.33. The van der Waals surface area contributed by atoms with E-state index in [2.05, 4.69) is 12.1 Å². The Hall–Kier alpha value is -2.63. The Morgan fingerprint density at radius 2 is 2.05 bits per heavy atom. The Bertz CT molecular complexity index is 733. The van der Waals surface area contributed by atoms with E-state index in [1.165, 1.54) is 21.9 Å². The number of aryl methyl sites for hydroxylation is 2. The highest BCUT2D eigenvalue weighted by Crippen LogP contribution is 2.24. The van der Waals surface area contributed by atoms with Gasteiger partial charge in [-0.15, -0.1) is 0 Å². The van der Waals surface area contributed by atoms with Crippen LogP contribution in [0.4, 0.5) is 5.69 Å².